The Morgan fingerprint density at radius 3 is 2.41 bits per heavy atom. The first kappa shape index (κ1) is 20.5. The lowest BCUT2D eigenvalue weighted by molar-refractivity contribution is -0.147. The van der Waals surface area contributed by atoms with Crippen LogP contribution in [-0.2, 0) is 24.3 Å². The minimum absolute atomic E-state index is 0.0237. The van der Waals surface area contributed by atoms with Gasteiger partial charge in [0.15, 0.2) is 6.61 Å². The highest BCUT2D eigenvalue weighted by Gasteiger charge is 2.15. The summed E-state index contributed by atoms with van der Waals surface area (Å²) in [6, 6.07) is 11.8. The highest BCUT2D eigenvalue weighted by molar-refractivity contribution is 7.89. The number of halogens is 1. The van der Waals surface area contributed by atoms with Gasteiger partial charge in [-0.1, -0.05) is 29.8 Å². The molecule has 0 radical (unpaired) electrons. The van der Waals surface area contributed by atoms with Gasteiger partial charge in [-0.05, 0) is 31.2 Å². The number of hydrogen-bond donors (Lipinski definition) is 2. The molecule has 0 aromatic heterocycles. The molecule has 0 aliphatic rings. The van der Waals surface area contributed by atoms with Crippen molar-refractivity contribution in [2.24, 2.45) is 0 Å². The Labute approximate surface area is 156 Å². The number of anilines is 1. The summed E-state index contributed by atoms with van der Waals surface area (Å²) in [5.74, 6) is -2.07. The van der Waals surface area contributed by atoms with E-state index in [-0.39, 0.29) is 23.5 Å². The van der Waals surface area contributed by atoms with Crippen LogP contribution in [0, 0.1) is 12.7 Å². The Morgan fingerprint density at radius 2 is 1.74 bits per heavy atom. The average molecular weight is 394 g/mol. The third-order valence-corrected chi connectivity index (χ3v) is 4.94. The summed E-state index contributed by atoms with van der Waals surface area (Å²) in [5.41, 5.74) is 0.899. The van der Waals surface area contributed by atoms with Gasteiger partial charge in [-0.15, -0.1) is 0 Å². The molecule has 27 heavy (non-hydrogen) atoms. The van der Waals surface area contributed by atoms with E-state index in [1.54, 1.807) is 18.2 Å². The third-order valence-electron chi connectivity index (χ3n) is 3.46. The van der Waals surface area contributed by atoms with E-state index in [1.165, 1.54) is 30.3 Å². The summed E-state index contributed by atoms with van der Waals surface area (Å²) in [6.07, 6.45) is -0.252. The molecule has 0 aliphatic heterocycles. The van der Waals surface area contributed by atoms with Crippen LogP contribution in [0.25, 0.3) is 0 Å². The van der Waals surface area contributed by atoms with Crippen LogP contribution in [0.2, 0.25) is 0 Å². The lowest BCUT2D eigenvalue weighted by Gasteiger charge is -2.08. The number of nitrogens with one attached hydrogen (secondary N) is 2. The van der Waals surface area contributed by atoms with Gasteiger partial charge in [0.2, 0.25) is 10.0 Å². The number of aryl methyl sites for hydroxylation is 1. The largest absolute Gasteiger partial charge is 0.456 e. The molecular formula is C18H19FN2O5S. The van der Waals surface area contributed by atoms with Crippen molar-refractivity contribution in [3.63, 3.8) is 0 Å². The van der Waals surface area contributed by atoms with Crippen molar-refractivity contribution < 1.29 is 27.1 Å². The summed E-state index contributed by atoms with van der Waals surface area (Å²) >= 11 is 0. The van der Waals surface area contributed by atoms with Gasteiger partial charge < -0.3 is 10.1 Å². The number of sulfonamides is 1. The van der Waals surface area contributed by atoms with Crippen molar-refractivity contribution in [2.75, 3.05) is 18.5 Å². The van der Waals surface area contributed by atoms with Crippen molar-refractivity contribution in [3.05, 3.63) is 59.9 Å². The standard InChI is InChI=1S/C18H19FN2O5S/c1-13-6-8-14(9-7-13)27(24,25)20-11-10-18(23)26-12-17(22)21-16-5-3-2-4-15(16)19/h2-9,20H,10-12H2,1H3,(H,21,22). The molecule has 0 fully saturated rings. The predicted molar refractivity (Wildman–Crippen MR) is 97.0 cm³/mol. The van der Waals surface area contributed by atoms with Gasteiger partial charge >= 0.3 is 5.97 Å². The van der Waals surface area contributed by atoms with Crippen molar-refractivity contribution in [2.45, 2.75) is 18.2 Å². The van der Waals surface area contributed by atoms with Gasteiger partial charge in [-0.2, -0.15) is 0 Å². The van der Waals surface area contributed by atoms with Crippen molar-refractivity contribution in [1.29, 1.82) is 0 Å². The molecule has 0 saturated heterocycles. The molecule has 2 aromatic carbocycles. The molecule has 0 aliphatic carbocycles. The molecule has 0 atom stereocenters. The lowest BCUT2D eigenvalue weighted by Crippen LogP contribution is -2.28. The van der Waals surface area contributed by atoms with Crippen molar-refractivity contribution >= 4 is 27.6 Å². The SMILES string of the molecule is Cc1ccc(S(=O)(=O)NCCC(=O)OCC(=O)Nc2ccccc2F)cc1. The number of rotatable bonds is 8. The van der Waals surface area contributed by atoms with Crippen LogP contribution in [0.1, 0.15) is 12.0 Å². The second kappa shape index (κ2) is 9.24. The molecule has 144 valence electrons. The van der Waals surface area contributed by atoms with Gasteiger partial charge in [0.05, 0.1) is 17.0 Å². The summed E-state index contributed by atoms with van der Waals surface area (Å²) in [5, 5.41) is 2.27. The molecular weight excluding hydrogens is 375 g/mol. The van der Waals surface area contributed by atoms with E-state index in [1.807, 2.05) is 6.92 Å². The van der Waals surface area contributed by atoms with Gasteiger partial charge in [0, 0.05) is 6.54 Å². The number of benzene rings is 2. The second-order valence-electron chi connectivity index (χ2n) is 5.65. The third kappa shape index (κ3) is 6.46. The van der Waals surface area contributed by atoms with Crippen molar-refractivity contribution in [1.82, 2.24) is 4.72 Å². The number of carbonyl (C=O) groups excluding carboxylic acids is 2. The molecule has 7 nitrogen and oxygen atoms in total. The van der Waals surface area contributed by atoms with Gasteiger partial charge in [-0.25, -0.2) is 17.5 Å². The fraction of sp³-hybridized carbons (Fsp3) is 0.222. The Balaban J connectivity index is 1.74. The number of para-hydroxylation sites is 1. The molecule has 0 bridgehead atoms. The quantitative estimate of drug-likeness (QED) is 0.667. The van der Waals surface area contributed by atoms with E-state index in [9.17, 15) is 22.4 Å². The molecule has 2 aromatic rings. The molecule has 0 heterocycles. The first-order valence-corrected chi connectivity index (χ1v) is 9.52. The molecule has 0 spiro atoms. The molecule has 0 saturated carbocycles. The first-order valence-electron chi connectivity index (χ1n) is 8.04. The number of hydrogen-bond acceptors (Lipinski definition) is 5. The van der Waals surface area contributed by atoms with Crippen LogP contribution in [0.15, 0.2) is 53.4 Å². The molecule has 2 rings (SSSR count). The van der Waals surface area contributed by atoms with Gasteiger partial charge in [0.25, 0.3) is 5.91 Å². The minimum Gasteiger partial charge on any atom is -0.456 e. The van der Waals surface area contributed by atoms with Crippen LogP contribution < -0.4 is 10.0 Å². The second-order valence-corrected chi connectivity index (χ2v) is 7.42. The van der Waals surface area contributed by atoms with E-state index in [4.69, 9.17) is 4.74 Å². The maximum absolute atomic E-state index is 13.4. The highest BCUT2D eigenvalue weighted by Crippen LogP contribution is 2.12. The molecule has 2 N–H and O–H groups in total. The molecule has 9 heteroatoms. The monoisotopic (exact) mass is 394 g/mol. The maximum atomic E-state index is 13.4. The molecule has 1 amide bonds. The minimum atomic E-state index is -3.73. The Bertz CT molecular complexity index is 914. The van der Waals surface area contributed by atoms with Gasteiger partial charge in [-0.3, -0.25) is 9.59 Å². The topological polar surface area (TPSA) is 102 Å². The lowest BCUT2D eigenvalue weighted by atomic mass is 10.2. The fourth-order valence-corrected chi connectivity index (χ4v) is 3.09. The zero-order valence-corrected chi connectivity index (χ0v) is 15.4. The number of ether oxygens (including phenoxy) is 1. The zero-order valence-electron chi connectivity index (χ0n) is 14.6. The maximum Gasteiger partial charge on any atom is 0.307 e. The Hall–Kier alpha value is -2.78. The van der Waals surface area contributed by atoms with Gasteiger partial charge in [0.1, 0.15) is 5.82 Å². The van der Waals surface area contributed by atoms with Crippen LogP contribution in [0.4, 0.5) is 10.1 Å². The summed E-state index contributed by atoms with van der Waals surface area (Å²) in [6.45, 7) is 1.06. The van der Waals surface area contributed by atoms with Crippen LogP contribution in [0.3, 0.4) is 0 Å². The normalized spacial score (nSPS) is 11.0. The smallest absolute Gasteiger partial charge is 0.307 e. The summed E-state index contributed by atoms with van der Waals surface area (Å²) in [4.78, 5) is 23.4. The average Bonchev–Trinajstić information content (AvgIpc) is 2.62. The highest BCUT2D eigenvalue weighted by atomic mass is 32.2. The van der Waals surface area contributed by atoms with E-state index in [0.29, 0.717) is 0 Å². The van der Waals surface area contributed by atoms with E-state index >= 15 is 0 Å². The first-order chi connectivity index (χ1) is 12.8. The van der Waals surface area contributed by atoms with E-state index in [0.717, 1.165) is 5.56 Å². The summed E-state index contributed by atoms with van der Waals surface area (Å²) < 4.78 is 44.6. The van der Waals surface area contributed by atoms with E-state index in [2.05, 4.69) is 10.0 Å². The van der Waals surface area contributed by atoms with Crippen LogP contribution in [-0.4, -0.2) is 33.4 Å². The Morgan fingerprint density at radius 1 is 1.07 bits per heavy atom. The predicted octanol–water partition coefficient (Wildman–Crippen LogP) is 1.98. The Kier molecular flexibility index (Phi) is 7.03. The number of amides is 1. The van der Waals surface area contributed by atoms with Crippen LogP contribution >= 0.6 is 0 Å². The van der Waals surface area contributed by atoms with E-state index < -0.39 is 34.3 Å². The van der Waals surface area contributed by atoms with Crippen molar-refractivity contribution in [3.8, 4) is 0 Å². The summed E-state index contributed by atoms with van der Waals surface area (Å²) in [7, 11) is -3.73. The molecule has 0 unspecified atom stereocenters. The van der Waals surface area contributed by atoms with Crippen LogP contribution in [0.5, 0.6) is 0 Å². The zero-order chi connectivity index (χ0) is 19.9. The fourth-order valence-electron chi connectivity index (χ4n) is 2.06. The number of esters is 1. The number of carbonyl (C=O) groups is 2.